The summed E-state index contributed by atoms with van der Waals surface area (Å²) in [4.78, 5) is 26.2. The zero-order valence-electron chi connectivity index (χ0n) is 14.5. The minimum Gasteiger partial charge on any atom is -0.482 e. The van der Waals surface area contributed by atoms with E-state index >= 15 is 0 Å². The Balaban J connectivity index is 1.78. The van der Waals surface area contributed by atoms with Gasteiger partial charge in [0.2, 0.25) is 0 Å². The second kappa shape index (κ2) is 7.38. The highest BCUT2D eigenvalue weighted by Crippen LogP contribution is 2.32. The Morgan fingerprint density at radius 2 is 2.00 bits per heavy atom. The molecule has 130 valence electrons. The SMILES string of the molecule is CC(C)CNC(=O)c1cccc(CN2C(=O)COc3ccccc32)c1. The first-order chi connectivity index (χ1) is 12.0. The molecule has 5 heteroatoms. The monoisotopic (exact) mass is 338 g/mol. The average molecular weight is 338 g/mol. The molecule has 0 saturated heterocycles. The summed E-state index contributed by atoms with van der Waals surface area (Å²) >= 11 is 0. The summed E-state index contributed by atoms with van der Waals surface area (Å²) in [5, 5.41) is 2.91. The lowest BCUT2D eigenvalue weighted by Crippen LogP contribution is -2.38. The van der Waals surface area contributed by atoms with E-state index in [-0.39, 0.29) is 18.4 Å². The van der Waals surface area contributed by atoms with Gasteiger partial charge < -0.3 is 15.0 Å². The van der Waals surface area contributed by atoms with Crippen molar-refractivity contribution in [2.45, 2.75) is 20.4 Å². The molecule has 0 unspecified atom stereocenters. The van der Waals surface area contributed by atoms with Crippen molar-refractivity contribution in [3.05, 3.63) is 59.7 Å². The van der Waals surface area contributed by atoms with E-state index in [1.807, 2.05) is 42.5 Å². The topological polar surface area (TPSA) is 58.6 Å². The summed E-state index contributed by atoms with van der Waals surface area (Å²) in [6.45, 7) is 5.19. The zero-order chi connectivity index (χ0) is 17.8. The van der Waals surface area contributed by atoms with E-state index in [9.17, 15) is 9.59 Å². The van der Waals surface area contributed by atoms with Crippen LogP contribution in [0.4, 0.5) is 5.69 Å². The highest BCUT2D eigenvalue weighted by atomic mass is 16.5. The molecule has 25 heavy (non-hydrogen) atoms. The molecule has 0 atom stereocenters. The van der Waals surface area contributed by atoms with Gasteiger partial charge >= 0.3 is 0 Å². The Hall–Kier alpha value is -2.82. The summed E-state index contributed by atoms with van der Waals surface area (Å²) < 4.78 is 5.46. The third-order valence-electron chi connectivity index (χ3n) is 4.01. The predicted molar refractivity (Wildman–Crippen MR) is 96.7 cm³/mol. The smallest absolute Gasteiger partial charge is 0.265 e. The van der Waals surface area contributed by atoms with Gasteiger partial charge in [-0.05, 0) is 35.7 Å². The van der Waals surface area contributed by atoms with Crippen molar-refractivity contribution in [2.75, 3.05) is 18.1 Å². The molecule has 2 amide bonds. The molecule has 0 radical (unpaired) electrons. The second-order valence-electron chi connectivity index (χ2n) is 6.54. The Labute approximate surface area is 147 Å². The first kappa shape index (κ1) is 17.0. The zero-order valence-corrected chi connectivity index (χ0v) is 14.5. The van der Waals surface area contributed by atoms with E-state index in [2.05, 4.69) is 19.2 Å². The Morgan fingerprint density at radius 3 is 2.80 bits per heavy atom. The van der Waals surface area contributed by atoms with Crippen molar-refractivity contribution in [1.29, 1.82) is 0 Å². The van der Waals surface area contributed by atoms with Crippen LogP contribution in [0.5, 0.6) is 5.75 Å². The fourth-order valence-electron chi connectivity index (χ4n) is 2.72. The minimum absolute atomic E-state index is 0.0333. The van der Waals surface area contributed by atoms with Gasteiger partial charge in [-0.25, -0.2) is 0 Å². The number of amides is 2. The van der Waals surface area contributed by atoms with E-state index in [0.29, 0.717) is 30.3 Å². The summed E-state index contributed by atoms with van der Waals surface area (Å²) in [6, 6.07) is 14.9. The maximum absolute atomic E-state index is 12.3. The molecule has 1 N–H and O–H groups in total. The fraction of sp³-hybridized carbons (Fsp3) is 0.300. The minimum atomic E-state index is -0.0933. The van der Waals surface area contributed by atoms with Gasteiger partial charge in [0.15, 0.2) is 6.61 Å². The molecule has 1 aliphatic heterocycles. The van der Waals surface area contributed by atoms with E-state index in [4.69, 9.17) is 4.74 Å². The summed E-state index contributed by atoms with van der Waals surface area (Å²) in [6.07, 6.45) is 0. The van der Waals surface area contributed by atoms with Crippen molar-refractivity contribution in [2.24, 2.45) is 5.92 Å². The first-order valence-corrected chi connectivity index (χ1v) is 8.44. The number of nitrogens with one attached hydrogen (secondary N) is 1. The predicted octanol–water partition coefficient (Wildman–Crippen LogP) is 3.00. The van der Waals surface area contributed by atoms with Gasteiger partial charge in [-0.1, -0.05) is 38.1 Å². The number of carbonyl (C=O) groups excluding carboxylic acids is 2. The van der Waals surface area contributed by atoms with Crippen LogP contribution in [-0.2, 0) is 11.3 Å². The lowest BCUT2D eigenvalue weighted by atomic mass is 10.1. The van der Waals surface area contributed by atoms with Gasteiger partial charge in [-0.3, -0.25) is 9.59 Å². The number of para-hydroxylation sites is 2. The van der Waals surface area contributed by atoms with Gasteiger partial charge in [-0.15, -0.1) is 0 Å². The lowest BCUT2D eigenvalue weighted by Gasteiger charge is -2.29. The number of hydrogen-bond donors (Lipinski definition) is 1. The number of fused-ring (bicyclic) bond motifs is 1. The third-order valence-corrected chi connectivity index (χ3v) is 4.01. The highest BCUT2D eigenvalue weighted by Gasteiger charge is 2.25. The molecule has 0 fully saturated rings. The lowest BCUT2D eigenvalue weighted by molar-refractivity contribution is -0.121. The third kappa shape index (κ3) is 3.99. The molecule has 0 aromatic heterocycles. The van der Waals surface area contributed by atoms with Crippen molar-refractivity contribution in [3.63, 3.8) is 0 Å². The van der Waals surface area contributed by atoms with Crippen molar-refractivity contribution >= 4 is 17.5 Å². The molecule has 0 aliphatic carbocycles. The Bertz CT molecular complexity index is 786. The molecule has 3 rings (SSSR count). The number of hydrogen-bond acceptors (Lipinski definition) is 3. The van der Waals surface area contributed by atoms with Crippen LogP contribution in [0.3, 0.4) is 0 Å². The van der Waals surface area contributed by atoms with Gasteiger partial charge in [0, 0.05) is 12.1 Å². The van der Waals surface area contributed by atoms with Crippen LogP contribution in [0, 0.1) is 5.92 Å². The number of carbonyl (C=O) groups is 2. The standard InChI is InChI=1S/C20H22N2O3/c1-14(2)11-21-20(24)16-7-5-6-15(10-16)12-22-17-8-3-4-9-18(17)25-13-19(22)23/h3-10,14H,11-13H2,1-2H3,(H,21,24). The number of ether oxygens (including phenoxy) is 1. The summed E-state index contributed by atoms with van der Waals surface area (Å²) in [7, 11) is 0. The maximum atomic E-state index is 12.3. The molecule has 5 nitrogen and oxygen atoms in total. The Morgan fingerprint density at radius 1 is 1.20 bits per heavy atom. The van der Waals surface area contributed by atoms with Crippen molar-refractivity contribution < 1.29 is 14.3 Å². The molecule has 2 aromatic rings. The van der Waals surface area contributed by atoms with Crippen LogP contribution in [0.1, 0.15) is 29.8 Å². The van der Waals surface area contributed by atoms with E-state index < -0.39 is 0 Å². The fourth-order valence-corrected chi connectivity index (χ4v) is 2.72. The molecule has 0 saturated carbocycles. The van der Waals surface area contributed by atoms with E-state index in [1.54, 1.807) is 11.0 Å². The van der Waals surface area contributed by atoms with Crippen LogP contribution >= 0.6 is 0 Å². The van der Waals surface area contributed by atoms with Crippen LogP contribution in [0.25, 0.3) is 0 Å². The van der Waals surface area contributed by atoms with Gasteiger partial charge in [0.1, 0.15) is 5.75 Å². The highest BCUT2D eigenvalue weighted by molar-refractivity contribution is 5.98. The van der Waals surface area contributed by atoms with Crippen LogP contribution in [0.15, 0.2) is 48.5 Å². The molecular weight excluding hydrogens is 316 g/mol. The molecule has 2 aromatic carbocycles. The molecule has 0 spiro atoms. The van der Waals surface area contributed by atoms with E-state index in [1.165, 1.54) is 0 Å². The van der Waals surface area contributed by atoms with Gasteiger partial charge in [-0.2, -0.15) is 0 Å². The molecule has 1 aliphatic rings. The summed E-state index contributed by atoms with van der Waals surface area (Å²) in [5.41, 5.74) is 2.27. The quantitative estimate of drug-likeness (QED) is 0.912. The molecule has 1 heterocycles. The average Bonchev–Trinajstić information content (AvgIpc) is 2.62. The van der Waals surface area contributed by atoms with E-state index in [0.717, 1.165) is 11.3 Å². The summed E-state index contributed by atoms with van der Waals surface area (Å²) in [5.74, 6) is 0.917. The van der Waals surface area contributed by atoms with Crippen LogP contribution < -0.4 is 15.0 Å². The first-order valence-electron chi connectivity index (χ1n) is 8.44. The van der Waals surface area contributed by atoms with Gasteiger partial charge in [0.05, 0.1) is 12.2 Å². The van der Waals surface area contributed by atoms with Crippen LogP contribution in [0.2, 0.25) is 0 Å². The molecular formula is C20H22N2O3. The van der Waals surface area contributed by atoms with Gasteiger partial charge in [0.25, 0.3) is 11.8 Å². The number of benzene rings is 2. The largest absolute Gasteiger partial charge is 0.482 e. The molecule has 0 bridgehead atoms. The maximum Gasteiger partial charge on any atom is 0.265 e. The number of nitrogens with zero attached hydrogens (tertiary/aromatic N) is 1. The Kier molecular flexibility index (Phi) is 5.03. The number of rotatable bonds is 5. The second-order valence-corrected chi connectivity index (χ2v) is 6.54. The van der Waals surface area contributed by atoms with Crippen molar-refractivity contribution in [1.82, 2.24) is 5.32 Å². The van der Waals surface area contributed by atoms with Crippen LogP contribution in [-0.4, -0.2) is 25.0 Å². The normalized spacial score (nSPS) is 13.4. The van der Waals surface area contributed by atoms with Crippen molar-refractivity contribution in [3.8, 4) is 5.75 Å². The number of anilines is 1.